The van der Waals surface area contributed by atoms with Crippen LogP contribution in [0.5, 0.6) is 0 Å². The number of aromatic nitrogens is 3. The smallest absolute Gasteiger partial charge is 0.290 e. The van der Waals surface area contributed by atoms with Gasteiger partial charge in [0.25, 0.3) is 5.91 Å². The molecule has 0 aliphatic carbocycles. The van der Waals surface area contributed by atoms with Crippen LogP contribution in [0.2, 0.25) is 0 Å². The van der Waals surface area contributed by atoms with Crippen LogP contribution in [0.4, 0.5) is 0 Å². The van der Waals surface area contributed by atoms with Crippen LogP contribution in [0.25, 0.3) is 17.1 Å². The molecule has 0 bridgehead atoms. The molecule has 2 aromatic carbocycles. The quantitative estimate of drug-likeness (QED) is 0.784. The predicted molar refractivity (Wildman–Crippen MR) is 94.2 cm³/mol. The van der Waals surface area contributed by atoms with Crippen molar-refractivity contribution in [1.82, 2.24) is 20.1 Å². The normalized spacial score (nSPS) is 10.6. The van der Waals surface area contributed by atoms with Crippen LogP contribution >= 0.6 is 0 Å². The molecule has 24 heavy (non-hydrogen) atoms. The lowest BCUT2D eigenvalue weighted by Gasteiger charge is -2.06. The Labute approximate surface area is 141 Å². The van der Waals surface area contributed by atoms with E-state index in [2.05, 4.69) is 15.4 Å². The van der Waals surface area contributed by atoms with Crippen molar-refractivity contribution >= 4 is 5.91 Å². The maximum atomic E-state index is 12.2. The van der Waals surface area contributed by atoms with Gasteiger partial charge in [0.2, 0.25) is 5.82 Å². The van der Waals surface area contributed by atoms with Crippen LogP contribution in [0, 0.1) is 6.92 Å². The largest absolute Gasteiger partial charge is 0.349 e. The maximum Gasteiger partial charge on any atom is 0.290 e. The van der Waals surface area contributed by atoms with Crippen molar-refractivity contribution in [2.45, 2.75) is 20.3 Å². The van der Waals surface area contributed by atoms with Gasteiger partial charge in [-0.2, -0.15) is 0 Å². The number of para-hydroxylation sites is 1. The number of hydrogen-bond donors (Lipinski definition) is 1. The van der Waals surface area contributed by atoms with Crippen molar-refractivity contribution in [3.8, 4) is 17.1 Å². The van der Waals surface area contributed by atoms with Gasteiger partial charge >= 0.3 is 0 Å². The molecule has 1 amide bonds. The van der Waals surface area contributed by atoms with Crippen molar-refractivity contribution in [2.24, 2.45) is 0 Å². The van der Waals surface area contributed by atoms with Gasteiger partial charge in [-0.3, -0.25) is 4.79 Å². The Balaban J connectivity index is 2.08. The SMILES string of the molecule is CCCNC(=O)c1nc(-c2cccc(C)c2)n(-c2ccccc2)n1. The van der Waals surface area contributed by atoms with E-state index in [-0.39, 0.29) is 11.7 Å². The number of hydrogen-bond acceptors (Lipinski definition) is 3. The highest BCUT2D eigenvalue weighted by Crippen LogP contribution is 2.22. The molecule has 0 saturated heterocycles. The summed E-state index contributed by atoms with van der Waals surface area (Å²) in [5, 5.41) is 7.26. The first-order chi connectivity index (χ1) is 11.7. The summed E-state index contributed by atoms with van der Waals surface area (Å²) >= 11 is 0. The molecule has 3 rings (SSSR count). The Morgan fingerprint density at radius 2 is 1.92 bits per heavy atom. The van der Waals surface area contributed by atoms with Crippen LogP contribution in [0.15, 0.2) is 54.6 Å². The molecule has 0 unspecified atom stereocenters. The number of benzene rings is 2. The second-order valence-corrected chi connectivity index (χ2v) is 5.63. The molecule has 0 atom stereocenters. The predicted octanol–water partition coefficient (Wildman–Crippen LogP) is 3.38. The molecule has 0 fully saturated rings. The Morgan fingerprint density at radius 1 is 1.12 bits per heavy atom. The molecule has 1 heterocycles. The van der Waals surface area contributed by atoms with E-state index < -0.39 is 0 Å². The molecule has 0 saturated carbocycles. The van der Waals surface area contributed by atoms with Crippen LogP contribution in [0.3, 0.4) is 0 Å². The molecule has 0 spiro atoms. The molecule has 122 valence electrons. The summed E-state index contributed by atoms with van der Waals surface area (Å²) in [4.78, 5) is 16.7. The minimum Gasteiger partial charge on any atom is -0.349 e. The highest BCUT2D eigenvalue weighted by Gasteiger charge is 2.18. The number of carbonyl (C=O) groups excluding carboxylic acids is 1. The van der Waals surface area contributed by atoms with Gasteiger partial charge in [-0.1, -0.05) is 48.9 Å². The lowest BCUT2D eigenvalue weighted by Crippen LogP contribution is -2.25. The van der Waals surface area contributed by atoms with E-state index in [0.717, 1.165) is 23.2 Å². The Hall–Kier alpha value is -2.95. The Kier molecular flexibility index (Phi) is 4.70. The van der Waals surface area contributed by atoms with Gasteiger partial charge in [0, 0.05) is 12.1 Å². The summed E-state index contributed by atoms with van der Waals surface area (Å²) in [5.74, 6) is 0.593. The average molecular weight is 320 g/mol. The zero-order valence-corrected chi connectivity index (χ0v) is 13.9. The minimum atomic E-state index is -0.250. The number of nitrogens with zero attached hydrogens (tertiary/aromatic N) is 3. The van der Waals surface area contributed by atoms with E-state index in [1.54, 1.807) is 4.68 Å². The second-order valence-electron chi connectivity index (χ2n) is 5.63. The summed E-state index contributed by atoms with van der Waals surface area (Å²) < 4.78 is 1.72. The fraction of sp³-hybridized carbons (Fsp3) is 0.211. The summed E-state index contributed by atoms with van der Waals surface area (Å²) in [6.07, 6.45) is 0.871. The van der Waals surface area contributed by atoms with Crippen LogP contribution < -0.4 is 5.32 Å². The molecular formula is C19H20N4O. The molecule has 0 radical (unpaired) electrons. The molecule has 0 aliphatic rings. The number of rotatable bonds is 5. The van der Waals surface area contributed by atoms with Crippen molar-refractivity contribution < 1.29 is 4.79 Å². The molecule has 5 heteroatoms. The lowest BCUT2D eigenvalue weighted by atomic mass is 10.1. The maximum absolute atomic E-state index is 12.2. The van der Waals surface area contributed by atoms with E-state index in [4.69, 9.17) is 0 Å². The third-order valence-electron chi connectivity index (χ3n) is 3.62. The number of nitrogens with one attached hydrogen (secondary N) is 1. The molecule has 1 aromatic heterocycles. The standard InChI is InChI=1S/C19H20N4O/c1-3-12-20-19(24)17-21-18(15-9-7-8-14(2)13-15)23(22-17)16-10-5-4-6-11-16/h4-11,13H,3,12H2,1-2H3,(H,20,24). The number of carbonyl (C=O) groups is 1. The van der Waals surface area contributed by atoms with E-state index >= 15 is 0 Å². The zero-order valence-electron chi connectivity index (χ0n) is 13.9. The first-order valence-corrected chi connectivity index (χ1v) is 8.06. The second kappa shape index (κ2) is 7.08. The third-order valence-corrected chi connectivity index (χ3v) is 3.62. The zero-order chi connectivity index (χ0) is 16.9. The van der Waals surface area contributed by atoms with Gasteiger partial charge in [0.15, 0.2) is 5.82 Å². The first kappa shape index (κ1) is 15.9. The minimum absolute atomic E-state index is 0.184. The summed E-state index contributed by atoms with van der Waals surface area (Å²) in [6.45, 7) is 4.65. The highest BCUT2D eigenvalue weighted by atomic mass is 16.2. The summed E-state index contributed by atoms with van der Waals surface area (Å²) in [6, 6.07) is 17.7. The van der Waals surface area contributed by atoms with Gasteiger partial charge in [0.1, 0.15) is 0 Å². The van der Waals surface area contributed by atoms with Gasteiger partial charge in [0.05, 0.1) is 5.69 Å². The summed E-state index contributed by atoms with van der Waals surface area (Å²) in [7, 11) is 0. The van der Waals surface area contributed by atoms with Crippen molar-refractivity contribution in [2.75, 3.05) is 6.54 Å². The van der Waals surface area contributed by atoms with Crippen LogP contribution in [0.1, 0.15) is 29.5 Å². The van der Waals surface area contributed by atoms with Crippen molar-refractivity contribution in [1.29, 1.82) is 0 Å². The number of aryl methyl sites for hydroxylation is 1. The van der Waals surface area contributed by atoms with E-state index in [1.807, 2.05) is 68.4 Å². The van der Waals surface area contributed by atoms with Crippen LogP contribution in [-0.2, 0) is 0 Å². The molecule has 1 N–H and O–H groups in total. The topological polar surface area (TPSA) is 59.8 Å². The monoisotopic (exact) mass is 320 g/mol. The van der Waals surface area contributed by atoms with Crippen molar-refractivity contribution in [3.05, 3.63) is 66.0 Å². The van der Waals surface area contributed by atoms with Crippen LogP contribution in [-0.4, -0.2) is 27.2 Å². The molecule has 5 nitrogen and oxygen atoms in total. The van der Waals surface area contributed by atoms with Crippen molar-refractivity contribution in [3.63, 3.8) is 0 Å². The van der Waals surface area contributed by atoms with Gasteiger partial charge in [-0.05, 0) is 31.5 Å². The Bertz CT molecular complexity index is 840. The van der Waals surface area contributed by atoms with Gasteiger partial charge in [-0.25, -0.2) is 9.67 Å². The lowest BCUT2D eigenvalue weighted by molar-refractivity contribution is 0.0943. The fourth-order valence-electron chi connectivity index (χ4n) is 2.45. The highest BCUT2D eigenvalue weighted by molar-refractivity contribution is 5.91. The molecular weight excluding hydrogens is 300 g/mol. The van der Waals surface area contributed by atoms with Gasteiger partial charge < -0.3 is 5.32 Å². The first-order valence-electron chi connectivity index (χ1n) is 8.06. The van der Waals surface area contributed by atoms with E-state index in [0.29, 0.717) is 12.4 Å². The fourth-order valence-corrected chi connectivity index (χ4v) is 2.45. The summed E-state index contributed by atoms with van der Waals surface area (Å²) in [5.41, 5.74) is 2.93. The number of amides is 1. The average Bonchev–Trinajstić information content (AvgIpc) is 3.06. The molecule has 3 aromatic rings. The van der Waals surface area contributed by atoms with E-state index in [9.17, 15) is 4.79 Å². The third kappa shape index (κ3) is 3.35. The van der Waals surface area contributed by atoms with Gasteiger partial charge in [-0.15, -0.1) is 5.10 Å². The van der Waals surface area contributed by atoms with E-state index in [1.165, 1.54) is 0 Å². The Morgan fingerprint density at radius 3 is 2.62 bits per heavy atom. The molecule has 0 aliphatic heterocycles.